The lowest BCUT2D eigenvalue weighted by atomic mass is 9.88. The van der Waals surface area contributed by atoms with Crippen LogP contribution in [0.15, 0.2) is 0 Å². The van der Waals surface area contributed by atoms with E-state index in [0.717, 1.165) is 25.8 Å². The van der Waals surface area contributed by atoms with Crippen molar-refractivity contribution < 1.29 is 14.7 Å². The van der Waals surface area contributed by atoms with Gasteiger partial charge in [-0.1, -0.05) is 13.3 Å². The predicted molar refractivity (Wildman–Crippen MR) is 75.1 cm³/mol. The number of likely N-dealkylation sites (tertiary alicyclic amines) is 1. The molecule has 3 rings (SSSR count). The number of carboxylic acid groups (broad SMARTS) is 1. The number of fused-ring (bicyclic) bond motifs is 1. The van der Waals surface area contributed by atoms with Gasteiger partial charge in [-0.25, -0.2) is 0 Å². The molecule has 1 aliphatic heterocycles. The SMILES string of the molecule is CC1CC(C(=O)O)C(C(=O)N2CCCC3CCCC32)C1. The van der Waals surface area contributed by atoms with Crippen molar-refractivity contribution in [2.45, 2.75) is 57.9 Å². The van der Waals surface area contributed by atoms with Crippen molar-refractivity contribution in [1.29, 1.82) is 0 Å². The third-order valence-corrected chi connectivity index (χ3v) is 5.71. The smallest absolute Gasteiger partial charge is 0.307 e. The molecule has 20 heavy (non-hydrogen) atoms. The Morgan fingerprint density at radius 2 is 1.75 bits per heavy atom. The molecule has 3 aliphatic rings. The van der Waals surface area contributed by atoms with E-state index in [2.05, 4.69) is 11.8 Å². The van der Waals surface area contributed by atoms with Crippen molar-refractivity contribution in [3.8, 4) is 0 Å². The minimum atomic E-state index is -0.785. The Bertz CT molecular complexity index is 409. The second kappa shape index (κ2) is 5.38. The lowest BCUT2D eigenvalue weighted by molar-refractivity contribution is -0.151. The zero-order valence-electron chi connectivity index (χ0n) is 12.3. The van der Waals surface area contributed by atoms with Crippen LogP contribution in [0.5, 0.6) is 0 Å². The van der Waals surface area contributed by atoms with E-state index in [1.54, 1.807) is 0 Å². The van der Waals surface area contributed by atoms with Crippen molar-refractivity contribution in [1.82, 2.24) is 4.90 Å². The molecule has 2 saturated carbocycles. The second-order valence-corrected chi connectivity index (χ2v) is 7.06. The minimum Gasteiger partial charge on any atom is -0.481 e. The summed E-state index contributed by atoms with van der Waals surface area (Å²) in [6.45, 7) is 2.91. The van der Waals surface area contributed by atoms with E-state index >= 15 is 0 Å². The Hall–Kier alpha value is -1.06. The van der Waals surface area contributed by atoms with E-state index in [1.807, 2.05) is 0 Å². The number of carboxylic acids is 1. The number of hydrogen-bond donors (Lipinski definition) is 1. The summed E-state index contributed by atoms with van der Waals surface area (Å²) in [6.07, 6.45) is 7.35. The molecule has 0 radical (unpaired) electrons. The maximum Gasteiger partial charge on any atom is 0.307 e. The molecular weight excluding hydrogens is 254 g/mol. The molecule has 4 nitrogen and oxygen atoms in total. The number of piperidine rings is 1. The highest BCUT2D eigenvalue weighted by Crippen LogP contribution is 2.42. The maximum absolute atomic E-state index is 12.9. The molecule has 0 aromatic carbocycles. The van der Waals surface area contributed by atoms with Crippen molar-refractivity contribution in [3.05, 3.63) is 0 Å². The Morgan fingerprint density at radius 3 is 2.50 bits per heavy atom. The van der Waals surface area contributed by atoms with Crippen LogP contribution in [0.3, 0.4) is 0 Å². The van der Waals surface area contributed by atoms with Crippen LogP contribution in [0.25, 0.3) is 0 Å². The van der Waals surface area contributed by atoms with Gasteiger partial charge in [-0.15, -0.1) is 0 Å². The van der Waals surface area contributed by atoms with Gasteiger partial charge >= 0.3 is 5.97 Å². The highest BCUT2D eigenvalue weighted by atomic mass is 16.4. The average Bonchev–Trinajstić information content (AvgIpc) is 3.03. The molecule has 1 saturated heterocycles. The van der Waals surface area contributed by atoms with Crippen LogP contribution in [-0.2, 0) is 9.59 Å². The highest BCUT2D eigenvalue weighted by Gasteiger charge is 2.46. The first-order chi connectivity index (χ1) is 9.58. The summed E-state index contributed by atoms with van der Waals surface area (Å²) in [5.74, 6) is -0.351. The van der Waals surface area contributed by atoms with Gasteiger partial charge in [-0.3, -0.25) is 9.59 Å². The normalized spacial score (nSPS) is 40.6. The van der Waals surface area contributed by atoms with E-state index in [-0.39, 0.29) is 11.8 Å². The quantitative estimate of drug-likeness (QED) is 0.845. The second-order valence-electron chi connectivity index (χ2n) is 7.06. The summed E-state index contributed by atoms with van der Waals surface area (Å²) in [6, 6.07) is 0.404. The third-order valence-electron chi connectivity index (χ3n) is 5.71. The Balaban J connectivity index is 1.75. The van der Waals surface area contributed by atoms with Gasteiger partial charge in [0, 0.05) is 12.6 Å². The van der Waals surface area contributed by atoms with E-state index < -0.39 is 11.9 Å². The summed E-state index contributed by atoms with van der Waals surface area (Å²) >= 11 is 0. The topological polar surface area (TPSA) is 57.6 Å². The molecule has 2 aliphatic carbocycles. The van der Waals surface area contributed by atoms with Crippen molar-refractivity contribution in [2.24, 2.45) is 23.7 Å². The van der Waals surface area contributed by atoms with Gasteiger partial charge in [0.2, 0.25) is 5.91 Å². The van der Waals surface area contributed by atoms with E-state index in [9.17, 15) is 14.7 Å². The van der Waals surface area contributed by atoms with Crippen molar-refractivity contribution >= 4 is 11.9 Å². The van der Waals surface area contributed by atoms with Crippen LogP contribution in [0.4, 0.5) is 0 Å². The van der Waals surface area contributed by atoms with Crippen LogP contribution in [0.2, 0.25) is 0 Å². The molecule has 4 heteroatoms. The molecule has 1 heterocycles. The molecule has 1 N–H and O–H groups in total. The maximum atomic E-state index is 12.9. The number of amides is 1. The zero-order chi connectivity index (χ0) is 14.3. The fraction of sp³-hybridized carbons (Fsp3) is 0.875. The standard InChI is InChI=1S/C16H25NO3/c1-10-8-12(13(9-10)16(19)20)15(18)17-7-3-5-11-4-2-6-14(11)17/h10-14H,2-9H2,1H3,(H,19,20). The van der Waals surface area contributed by atoms with E-state index in [4.69, 9.17) is 0 Å². The summed E-state index contributed by atoms with van der Waals surface area (Å²) in [7, 11) is 0. The number of carbonyl (C=O) groups excluding carboxylic acids is 1. The first-order valence-electron chi connectivity index (χ1n) is 8.11. The van der Waals surface area contributed by atoms with E-state index in [0.29, 0.717) is 24.3 Å². The molecule has 0 bridgehead atoms. The summed E-state index contributed by atoms with van der Waals surface area (Å²) < 4.78 is 0. The Kier molecular flexibility index (Phi) is 3.74. The Labute approximate surface area is 120 Å². The third kappa shape index (κ3) is 2.33. The number of carbonyl (C=O) groups is 2. The zero-order valence-corrected chi connectivity index (χ0v) is 12.3. The number of rotatable bonds is 2. The number of nitrogens with zero attached hydrogens (tertiary/aromatic N) is 1. The number of aliphatic carboxylic acids is 1. The lowest BCUT2D eigenvalue weighted by Gasteiger charge is -2.39. The largest absolute Gasteiger partial charge is 0.481 e. The number of hydrogen-bond acceptors (Lipinski definition) is 2. The predicted octanol–water partition coefficient (Wildman–Crippen LogP) is 2.52. The van der Waals surface area contributed by atoms with Crippen LogP contribution in [-0.4, -0.2) is 34.5 Å². The van der Waals surface area contributed by atoms with Gasteiger partial charge in [0.1, 0.15) is 0 Å². The van der Waals surface area contributed by atoms with Gasteiger partial charge in [0.15, 0.2) is 0 Å². The van der Waals surface area contributed by atoms with E-state index in [1.165, 1.54) is 19.3 Å². The van der Waals surface area contributed by atoms with Gasteiger partial charge < -0.3 is 10.0 Å². The van der Waals surface area contributed by atoms with Crippen LogP contribution in [0, 0.1) is 23.7 Å². The van der Waals surface area contributed by atoms with Crippen molar-refractivity contribution in [3.63, 3.8) is 0 Å². The monoisotopic (exact) mass is 279 g/mol. The average molecular weight is 279 g/mol. The lowest BCUT2D eigenvalue weighted by Crippen LogP contribution is -2.49. The summed E-state index contributed by atoms with van der Waals surface area (Å²) in [4.78, 5) is 26.3. The molecule has 112 valence electrons. The fourth-order valence-electron chi connectivity index (χ4n) is 4.78. The first kappa shape index (κ1) is 13.9. The fourth-order valence-corrected chi connectivity index (χ4v) is 4.78. The summed E-state index contributed by atoms with van der Waals surface area (Å²) in [5.41, 5.74) is 0. The summed E-state index contributed by atoms with van der Waals surface area (Å²) in [5, 5.41) is 9.37. The van der Waals surface area contributed by atoms with Gasteiger partial charge in [-0.2, -0.15) is 0 Å². The minimum absolute atomic E-state index is 0.137. The molecule has 5 atom stereocenters. The van der Waals surface area contributed by atoms with Crippen molar-refractivity contribution in [2.75, 3.05) is 6.54 Å². The molecule has 1 amide bonds. The molecular formula is C16H25NO3. The molecule has 3 fully saturated rings. The van der Waals surface area contributed by atoms with Crippen LogP contribution >= 0.6 is 0 Å². The first-order valence-corrected chi connectivity index (χ1v) is 8.11. The van der Waals surface area contributed by atoms with Crippen LogP contribution < -0.4 is 0 Å². The van der Waals surface area contributed by atoms with Gasteiger partial charge in [0.05, 0.1) is 11.8 Å². The Morgan fingerprint density at radius 1 is 1.05 bits per heavy atom. The van der Waals surface area contributed by atoms with Gasteiger partial charge in [-0.05, 0) is 50.4 Å². The molecule has 0 aromatic rings. The molecule has 0 spiro atoms. The van der Waals surface area contributed by atoms with Crippen LogP contribution in [0.1, 0.15) is 51.9 Å². The van der Waals surface area contributed by atoms with Gasteiger partial charge in [0.25, 0.3) is 0 Å². The molecule has 0 aromatic heterocycles. The molecule has 5 unspecified atom stereocenters. The highest BCUT2D eigenvalue weighted by molar-refractivity contribution is 5.85.